The fraction of sp³-hybridized carbons (Fsp3) is 0.857. The van der Waals surface area contributed by atoms with Gasteiger partial charge in [0.1, 0.15) is 5.54 Å². The summed E-state index contributed by atoms with van der Waals surface area (Å²) >= 11 is 1.86. The Hall–Kier alpha value is -0.950. The molecule has 2 amide bonds. The summed E-state index contributed by atoms with van der Waals surface area (Å²) in [6, 6.07) is -0.228. The first-order chi connectivity index (χ1) is 10.1. The molecule has 120 valence electrons. The zero-order valence-corrected chi connectivity index (χ0v) is 13.2. The SMILES string of the molecule is CCSC1CCCC1NC(=O)NC1(C(=O)O)CCOCC1. The number of carbonyl (C=O) groups is 2. The summed E-state index contributed by atoms with van der Waals surface area (Å²) in [6.07, 6.45) is 3.82. The van der Waals surface area contributed by atoms with Crippen LogP contribution in [0.25, 0.3) is 0 Å². The average molecular weight is 316 g/mol. The number of thioether (sulfide) groups is 1. The molecule has 0 radical (unpaired) electrons. The van der Waals surface area contributed by atoms with Gasteiger partial charge < -0.3 is 20.5 Å². The number of hydrogen-bond donors (Lipinski definition) is 3. The van der Waals surface area contributed by atoms with Crippen LogP contribution >= 0.6 is 11.8 Å². The van der Waals surface area contributed by atoms with E-state index in [1.165, 1.54) is 0 Å². The van der Waals surface area contributed by atoms with Crippen LogP contribution in [0.15, 0.2) is 0 Å². The Morgan fingerprint density at radius 1 is 1.33 bits per heavy atom. The van der Waals surface area contributed by atoms with E-state index in [0.717, 1.165) is 25.0 Å². The van der Waals surface area contributed by atoms with Gasteiger partial charge in [0.25, 0.3) is 0 Å². The van der Waals surface area contributed by atoms with Crippen LogP contribution < -0.4 is 10.6 Å². The van der Waals surface area contributed by atoms with Gasteiger partial charge in [-0.25, -0.2) is 9.59 Å². The lowest BCUT2D eigenvalue weighted by Gasteiger charge is -2.34. The largest absolute Gasteiger partial charge is 0.480 e. The Bertz CT molecular complexity index is 385. The van der Waals surface area contributed by atoms with Crippen molar-refractivity contribution in [1.29, 1.82) is 0 Å². The maximum absolute atomic E-state index is 12.2. The van der Waals surface area contributed by atoms with E-state index < -0.39 is 11.5 Å². The zero-order chi connectivity index (χ0) is 15.3. The number of hydrogen-bond acceptors (Lipinski definition) is 4. The molecule has 1 heterocycles. The zero-order valence-electron chi connectivity index (χ0n) is 12.4. The molecule has 7 heteroatoms. The fourth-order valence-electron chi connectivity index (χ4n) is 3.04. The molecular weight excluding hydrogens is 292 g/mol. The van der Waals surface area contributed by atoms with E-state index in [1.807, 2.05) is 11.8 Å². The van der Waals surface area contributed by atoms with E-state index in [9.17, 15) is 14.7 Å². The highest BCUT2D eigenvalue weighted by Gasteiger charge is 2.42. The third-order valence-corrected chi connectivity index (χ3v) is 5.58. The molecule has 2 aliphatic rings. The summed E-state index contributed by atoms with van der Waals surface area (Å²) in [5.74, 6) is 0.0489. The van der Waals surface area contributed by atoms with Gasteiger partial charge in [0, 0.05) is 37.3 Å². The van der Waals surface area contributed by atoms with Crippen molar-refractivity contribution < 1.29 is 19.4 Å². The quantitative estimate of drug-likeness (QED) is 0.717. The van der Waals surface area contributed by atoms with Crippen molar-refractivity contribution in [2.24, 2.45) is 0 Å². The number of urea groups is 1. The molecule has 3 N–H and O–H groups in total. The summed E-state index contributed by atoms with van der Waals surface area (Å²) in [5.41, 5.74) is -1.19. The number of carboxylic acids is 1. The van der Waals surface area contributed by atoms with Crippen molar-refractivity contribution in [3.05, 3.63) is 0 Å². The molecule has 0 bridgehead atoms. The highest BCUT2D eigenvalue weighted by Crippen LogP contribution is 2.30. The number of carboxylic acid groups (broad SMARTS) is 1. The highest BCUT2D eigenvalue weighted by atomic mass is 32.2. The van der Waals surface area contributed by atoms with Gasteiger partial charge in [-0.3, -0.25) is 0 Å². The molecule has 6 nitrogen and oxygen atoms in total. The monoisotopic (exact) mass is 316 g/mol. The first-order valence-corrected chi connectivity index (χ1v) is 8.64. The molecule has 0 aromatic carbocycles. The minimum Gasteiger partial charge on any atom is -0.480 e. The second kappa shape index (κ2) is 7.35. The maximum atomic E-state index is 12.2. The lowest BCUT2D eigenvalue weighted by atomic mass is 9.90. The van der Waals surface area contributed by atoms with Gasteiger partial charge in [-0.1, -0.05) is 13.3 Å². The summed E-state index contributed by atoms with van der Waals surface area (Å²) in [5, 5.41) is 15.5. The van der Waals surface area contributed by atoms with Gasteiger partial charge in [-0.15, -0.1) is 0 Å². The third kappa shape index (κ3) is 4.03. The van der Waals surface area contributed by atoms with E-state index in [0.29, 0.717) is 31.3 Å². The maximum Gasteiger partial charge on any atom is 0.329 e. The first kappa shape index (κ1) is 16.4. The summed E-state index contributed by atoms with van der Waals surface area (Å²) in [7, 11) is 0. The van der Waals surface area contributed by atoms with E-state index in [-0.39, 0.29) is 12.1 Å². The number of amides is 2. The summed E-state index contributed by atoms with van der Waals surface area (Å²) < 4.78 is 5.20. The van der Waals surface area contributed by atoms with Crippen molar-refractivity contribution in [3.8, 4) is 0 Å². The van der Waals surface area contributed by atoms with Crippen molar-refractivity contribution in [2.75, 3.05) is 19.0 Å². The molecule has 2 unspecified atom stereocenters. The molecular formula is C14H24N2O4S. The number of nitrogens with one attached hydrogen (secondary N) is 2. The minimum atomic E-state index is -1.19. The topological polar surface area (TPSA) is 87.7 Å². The van der Waals surface area contributed by atoms with Gasteiger partial charge in [-0.05, 0) is 18.6 Å². The van der Waals surface area contributed by atoms with Crippen LogP contribution in [-0.2, 0) is 9.53 Å². The summed E-state index contributed by atoms with van der Waals surface area (Å²) in [6.45, 7) is 2.84. The van der Waals surface area contributed by atoms with Gasteiger partial charge >= 0.3 is 12.0 Å². The first-order valence-electron chi connectivity index (χ1n) is 7.59. The van der Waals surface area contributed by atoms with Gasteiger partial charge in [0.15, 0.2) is 0 Å². The molecule has 2 atom stereocenters. The number of aliphatic carboxylic acids is 1. The van der Waals surface area contributed by atoms with Crippen molar-refractivity contribution in [2.45, 2.75) is 55.9 Å². The fourth-order valence-corrected chi connectivity index (χ4v) is 4.24. The Labute approximate surface area is 129 Å². The van der Waals surface area contributed by atoms with Crippen LogP contribution in [0.5, 0.6) is 0 Å². The van der Waals surface area contributed by atoms with Crippen molar-refractivity contribution >= 4 is 23.8 Å². The van der Waals surface area contributed by atoms with Crippen LogP contribution in [0, 0.1) is 0 Å². The predicted molar refractivity (Wildman–Crippen MR) is 81.6 cm³/mol. The number of rotatable bonds is 5. The van der Waals surface area contributed by atoms with Crippen LogP contribution in [0.3, 0.4) is 0 Å². The minimum absolute atomic E-state index is 0.139. The Morgan fingerprint density at radius 3 is 2.67 bits per heavy atom. The van der Waals surface area contributed by atoms with Gasteiger partial charge in [0.05, 0.1) is 0 Å². The lowest BCUT2D eigenvalue weighted by molar-refractivity contribution is -0.148. The Morgan fingerprint density at radius 2 is 2.05 bits per heavy atom. The van der Waals surface area contributed by atoms with E-state index in [4.69, 9.17) is 4.74 Å². The smallest absolute Gasteiger partial charge is 0.329 e. The van der Waals surface area contributed by atoms with E-state index in [1.54, 1.807) is 0 Å². The Balaban J connectivity index is 1.92. The lowest BCUT2D eigenvalue weighted by Crippen LogP contribution is -2.61. The Kier molecular flexibility index (Phi) is 5.75. The molecule has 0 aromatic heterocycles. The molecule has 1 saturated heterocycles. The predicted octanol–water partition coefficient (Wildman–Crippen LogP) is 1.59. The van der Waals surface area contributed by atoms with Crippen molar-refractivity contribution in [3.63, 3.8) is 0 Å². The van der Waals surface area contributed by atoms with Gasteiger partial charge in [0.2, 0.25) is 0 Å². The van der Waals surface area contributed by atoms with Crippen molar-refractivity contribution in [1.82, 2.24) is 10.6 Å². The average Bonchev–Trinajstić information content (AvgIpc) is 2.87. The second-order valence-corrected chi connectivity index (χ2v) is 7.15. The molecule has 1 aliphatic heterocycles. The summed E-state index contributed by atoms with van der Waals surface area (Å²) in [4.78, 5) is 23.7. The molecule has 2 fully saturated rings. The van der Waals surface area contributed by atoms with E-state index in [2.05, 4.69) is 17.6 Å². The molecule has 1 saturated carbocycles. The molecule has 0 spiro atoms. The van der Waals surface area contributed by atoms with Crippen LogP contribution in [-0.4, -0.2) is 52.9 Å². The normalized spacial score (nSPS) is 28.0. The molecule has 1 aliphatic carbocycles. The van der Waals surface area contributed by atoms with Gasteiger partial charge in [-0.2, -0.15) is 11.8 Å². The third-order valence-electron chi connectivity index (χ3n) is 4.26. The number of carbonyl (C=O) groups excluding carboxylic acids is 1. The van der Waals surface area contributed by atoms with Crippen LogP contribution in [0.2, 0.25) is 0 Å². The highest BCUT2D eigenvalue weighted by molar-refractivity contribution is 7.99. The van der Waals surface area contributed by atoms with Crippen LogP contribution in [0.4, 0.5) is 4.79 Å². The number of ether oxygens (including phenoxy) is 1. The molecule has 2 rings (SSSR count). The standard InChI is InChI=1S/C14H24N2O4S/c1-2-21-11-5-3-4-10(11)15-13(19)16-14(12(17)18)6-8-20-9-7-14/h10-11H,2-9H2,1H3,(H,17,18)(H2,15,16,19). The molecule has 21 heavy (non-hydrogen) atoms. The van der Waals surface area contributed by atoms with Crippen LogP contribution in [0.1, 0.15) is 39.0 Å². The molecule has 0 aromatic rings. The second-order valence-electron chi connectivity index (χ2n) is 5.63. The van der Waals surface area contributed by atoms with E-state index >= 15 is 0 Å².